The van der Waals surface area contributed by atoms with Gasteiger partial charge in [-0.15, -0.1) is 0 Å². The Morgan fingerprint density at radius 2 is 2.05 bits per heavy atom. The number of nitrogen functional groups attached to an aromatic ring is 1. The zero-order valence-electron chi connectivity index (χ0n) is 12.4. The van der Waals surface area contributed by atoms with Crippen molar-refractivity contribution in [1.29, 1.82) is 0 Å². The summed E-state index contributed by atoms with van der Waals surface area (Å²) in [4.78, 5) is 4.18. The monoisotopic (exact) mass is 292 g/mol. The molecule has 2 N–H and O–H groups in total. The minimum Gasteiger partial charge on any atom is -0.382 e. The number of pyridine rings is 1. The highest BCUT2D eigenvalue weighted by Gasteiger charge is 2.16. The van der Waals surface area contributed by atoms with E-state index in [0.717, 1.165) is 27.5 Å². The van der Waals surface area contributed by atoms with Crippen LogP contribution in [0.5, 0.6) is 0 Å². The van der Waals surface area contributed by atoms with Crippen molar-refractivity contribution in [3.05, 3.63) is 43.0 Å². The Kier molecular flexibility index (Phi) is 2.66. The van der Waals surface area contributed by atoms with Gasteiger partial charge in [-0.3, -0.25) is 9.67 Å². The first-order chi connectivity index (χ1) is 10.6. The van der Waals surface area contributed by atoms with Crippen LogP contribution in [0.2, 0.25) is 0 Å². The van der Waals surface area contributed by atoms with Crippen LogP contribution < -0.4 is 5.73 Å². The fraction of sp³-hybridized carbons (Fsp3) is 0.188. The van der Waals surface area contributed by atoms with Gasteiger partial charge >= 0.3 is 0 Å². The molecule has 0 aromatic carbocycles. The first-order valence-corrected chi connectivity index (χ1v) is 7.20. The van der Waals surface area contributed by atoms with Crippen molar-refractivity contribution in [1.82, 2.24) is 24.4 Å². The molecule has 4 aromatic rings. The van der Waals surface area contributed by atoms with Gasteiger partial charge in [0.25, 0.3) is 0 Å². The fourth-order valence-corrected chi connectivity index (χ4v) is 2.76. The molecule has 0 aliphatic rings. The average Bonchev–Trinajstić information content (AvgIpc) is 3.09. The summed E-state index contributed by atoms with van der Waals surface area (Å²) in [5.74, 6) is 0.517. The van der Waals surface area contributed by atoms with E-state index in [2.05, 4.69) is 35.1 Å². The summed E-state index contributed by atoms with van der Waals surface area (Å²) >= 11 is 0. The van der Waals surface area contributed by atoms with Gasteiger partial charge in [-0.05, 0) is 26.0 Å². The van der Waals surface area contributed by atoms with Gasteiger partial charge in [0.2, 0.25) is 0 Å². The van der Waals surface area contributed by atoms with E-state index in [4.69, 9.17) is 5.73 Å². The van der Waals surface area contributed by atoms with Gasteiger partial charge in [-0.2, -0.15) is 10.2 Å². The van der Waals surface area contributed by atoms with Crippen LogP contribution in [-0.4, -0.2) is 24.4 Å². The van der Waals surface area contributed by atoms with E-state index in [-0.39, 0.29) is 6.04 Å². The van der Waals surface area contributed by atoms with Crippen molar-refractivity contribution in [2.24, 2.45) is 0 Å². The average molecular weight is 292 g/mol. The molecule has 0 saturated carbocycles. The third-order valence-corrected chi connectivity index (χ3v) is 3.81. The van der Waals surface area contributed by atoms with E-state index < -0.39 is 0 Å². The van der Waals surface area contributed by atoms with E-state index >= 15 is 0 Å². The Bertz CT molecular complexity index is 965. The molecule has 6 heteroatoms. The predicted octanol–water partition coefficient (Wildman–Crippen LogP) is 2.91. The van der Waals surface area contributed by atoms with Crippen LogP contribution in [0, 0.1) is 0 Å². The number of anilines is 1. The van der Waals surface area contributed by atoms with E-state index in [1.54, 1.807) is 12.4 Å². The molecular weight excluding hydrogens is 276 g/mol. The highest BCUT2D eigenvalue weighted by Crippen LogP contribution is 2.30. The molecule has 110 valence electrons. The molecular formula is C16H16N6. The first kappa shape index (κ1) is 12.8. The maximum absolute atomic E-state index is 6.03. The third kappa shape index (κ3) is 1.77. The number of hydrogen-bond acceptors (Lipinski definition) is 4. The molecule has 0 aliphatic carbocycles. The fourth-order valence-electron chi connectivity index (χ4n) is 2.76. The summed E-state index contributed by atoms with van der Waals surface area (Å²) in [6, 6.07) is 6.29. The van der Waals surface area contributed by atoms with E-state index in [0.29, 0.717) is 5.82 Å². The van der Waals surface area contributed by atoms with Gasteiger partial charge in [0.15, 0.2) is 5.82 Å². The smallest absolute Gasteiger partial charge is 0.155 e. The maximum atomic E-state index is 6.03. The molecule has 4 rings (SSSR count). The van der Waals surface area contributed by atoms with Gasteiger partial charge in [0.1, 0.15) is 0 Å². The Morgan fingerprint density at radius 1 is 1.18 bits per heavy atom. The molecule has 0 radical (unpaired) electrons. The highest BCUT2D eigenvalue weighted by atomic mass is 15.3. The van der Waals surface area contributed by atoms with Crippen LogP contribution >= 0.6 is 0 Å². The van der Waals surface area contributed by atoms with Crippen molar-refractivity contribution >= 4 is 22.2 Å². The number of rotatable bonds is 2. The van der Waals surface area contributed by atoms with E-state index in [9.17, 15) is 0 Å². The molecule has 0 atom stereocenters. The summed E-state index contributed by atoms with van der Waals surface area (Å²) < 4.78 is 3.82. The van der Waals surface area contributed by atoms with E-state index in [1.807, 2.05) is 33.7 Å². The van der Waals surface area contributed by atoms with E-state index in [1.165, 1.54) is 0 Å². The zero-order valence-corrected chi connectivity index (χ0v) is 12.4. The Balaban J connectivity index is 2.06. The number of nitrogens with two attached hydrogens (primary N) is 1. The molecule has 6 nitrogen and oxygen atoms in total. The lowest BCUT2D eigenvalue weighted by atomic mass is 10.1. The molecule has 0 fully saturated rings. The molecule has 22 heavy (non-hydrogen) atoms. The minimum atomic E-state index is 0.225. The number of hydrogen-bond donors (Lipinski definition) is 1. The largest absolute Gasteiger partial charge is 0.382 e. The van der Waals surface area contributed by atoms with Crippen LogP contribution in [0.15, 0.2) is 43.0 Å². The van der Waals surface area contributed by atoms with Crippen LogP contribution in [0.1, 0.15) is 19.9 Å². The molecule has 4 heterocycles. The van der Waals surface area contributed by atoms with Crippen molar-refractivity contribution in [2.75, 3.05) is 5.73 Å². The molecule has 0 amide bonds. The second-order valence-electron chi connectivity index (χ2n) is 5.63. The number of fused-ring (bicyclic) bond motifs is 3. The summed E-state index contributed by atoms with van der Waals surface area (Å²) in [7, 11) is 0. The van der Waals surface area contributed by atoms with Gasteiger partial charge in [0.05, 0.1) is 22.6 Å². The van der Waals surface area contributed by atoms with Gasteiger partial charge in [-0.25, -0.2) is 4.52 Å². The molecule has 0 spiro atoms. The lowest BCUT2D eigenvalue weighted by molar-refractivity contribution is 0.553. The Hall–Kier alpha value is -2.89. The van der Waals surface area contributed by atoms with Crippen LogP contribution in [0.3, 0.4) is 0 Å². The predicted molar refractivity (Wildman–Crippen MR) is 86.5 cm³/mol. The highest BCUT2D eigenvalue weighted by molar-refractivity contribution is 5.99. The van der Waals surface area contributed by atoms with Gasteiger partial charge < -0.3 is 5.73 Å². The normalized spacial score (nSPS) is 11.8. The van der Waals surface area contributed by atoms with Gasteiger partial charge in [0, 0.05) is 35.8 Å². The van der Waals surface area contributed by atoms with Crippen molar-refractivity contribution in [3.8, 4) is 11.1 Å². The lowest BCUT2D eigenvalue weighted by Crippen LogP contribution is -2.04. The van der Waals surface area contributed by atoms with Crippen molar-refractivity contribution in [2.45, 2.75) is 19.9 Å². The molecule has 0 aliphatic heterocycles. The second-order valence-corrected chi connectivity index (χ2v) is 5.63. The minimum absolute atomic E-state index is 0.225. The lowest BCUT2D eigenvalue weighted by Gasteiger charge is -2.07. The van der Waals surface area contributed by atoms with Gasteiger partial charge in [-0.1, -0.05) is 6.07 Å². The molecule has 0 saturated heterocycles. The van der Waals surface area contributed by atoms with Crippen LogP contribution in [-0.2, 0) is 0 Å². The van der Waals surface area contributed by atoms with Crippen LogP contribution in [0.25, 0.3) is 27.5 Å². The molecule has 0 unspecified atom stereocenters. The maximum Gasteiger partial charge on any atom is 0.155 e. The molecule has 0 bridgehead atoms. The third-order valence-electron chi connectivity index (χ3n) is 3.81. The summed E-state index contributed by atoms with van der Waals surface area (Å²) in [6.07, 6.45) is 7.39. The summed E-state index contributed by atoms with van der Waals surface area (Å²) in [5, 5.41) is 9.79. The number of nitrogens with zero attached hydrogens (tertiary/aromatic N) is 5. The zero-order chi connectivity index (χ0) is 15.3. The molecule has 4 aromatic heterocycles. The Morgan fingerprint density at radius 3 is 2.77 bits per heavy atom. The Labute approximate surface area is 127 Å². The number of aromatic nitrogens is 5. The summed E-state index contributed by atoms with van der Waals surface area (Å²) in [6.45, 7) is 4.18. The second kappa shape index (κ2) is 4.56. The quantitative estimate of drug-likeness (QED) is 0.616. The van der Waals surface area contributed by atoms with Crippen LogP contribution in [0.4, 0.5) is 5.82 Å². The first-order valence-electron chi connectivity index (χ1n) is 7.20. The standard InChI is InChI=1S/C16H16N6/c1-10(2)22-15-13(16(17)20-22)8-19-21-9-12(6-14(15)21)11-4-3-5-18-7-11/h3-10H,1-2H3,(H2,17,20). The van der Waals surface area contributed by atoms with Crippen molar-refractivity contribution in [3.63, 3.8) is 0 Å². The van der Waals surface area contributed by atoms with Crippen molar-refractivity contribution < 1.29 is 0 Å². The topological polar surface area (TPSA) is 74.0 Å². The SMILES string of the molecule is CC(C)n1nc(N)c2cnn3cc(-c4cccnc4)cc3c21. The summed E-state index contributed by atoms with van der Waals surface area (Å²) in [5.41, 5.74) is 10.2.